The van der Waals surface area contributed by atoms with Gasteiger partial charge in [0.25, 0.3) is 0 Å². The summed E-state index contributed by atoms with van der Waals surface area (Å²) in [6.45, 7) is 2.02. The Morgan fingerprint density at radius 2 is 1.95 bits per heavy atom. The van der Waals surface area contributed by atoms with Gasteiger partial charge in [-0.3, -0.25) is 4.79 Å². The number of fused-ring (bicyclic) bond motifs is 1. The van der Waals surface area contributed by atoms with Gasteiger partial charge in [0.05, 0.1) is 23.9 Å². The Kier molecular flexibility index (Phi) is 3.69. The molecular formula is C17H18N2O2. The fraction of sp³-hybridized carbons (Fsp3) is 0.353. The summed E-state index contributed by atoms with van der Waals surface area (Å²) in [6, 6.07) is 5.95. The Morgan fingerprint density at radius 1 is 1.14 bits per heavy atom. The lowest BCUT2D eigenvalue weighted by atomic mass is 10.1. The maximum absolute atomic E-state index is 12.0. The lowest BCUT2D eigenvalue weighted by molar-refractivity contribution is 0.0981. The molecule has 0 unspecified atom stereocenters. The summed E-state index contributed by atoms with van der Waals surface area (Å²) in [5.41, 5.74) is 3.54. The number of methoxy groups -OCH3 is 1. The van der Waals surface area contributed by atoms with Crippen LogP contribution in [0.4, 0.5) is 0 Å². The van der Waals surface area contributed by atoms with Gasteiger partial charge in [-0.2, -0.15) is 0 Å². The molecule has 108 valence electrons. The number of rotatable bonds is 2. The summed E-state index contributed by atoms with van der Waals surface area (Å²) >= 11 is 0. The smallest absolute Gasteiger partial charge is 0.166 e. The summed E-state index contributed by atoms with van der Waals surface area (Å²) < 4.78 is 5.42. The molecule has 21 heavy (non-hydrogen) atoms. The maximum atomic E-state index is 12.0. The van der Waals surface area contributed by atoms with Crippen LogP contribution in [0.2, 0.25) is 0 Å². The summed E-state index contributed by atoms with van der Waals surface area (Å²) in [4.78, 5) is 21.0. The van der Waals surface area contributed by atoms with Gasteiger partial charge in [-0.25, -0.2) is 9.97 Å². The van der Waals surface area contributed by atoms with Crippen LogP contribution in [-0.4, -0.2) is 22.9 Å². The number of carbonyl (C=O) groups is 1. The van der Waals surface area contributed by atoms with Crippen LogP contribution >= 0.6 is 0 Å². The summed E-state index contributed by atoms with van der Waals surface area (Å²) in [7, 11) is 1.64. The van der Waals surface area contributed by atoms with Crippen molar-refractivity contribution < 1.29 is 9.53 Å². The fourth-order valence-corrected chi connectivity index (χ4v) is 2.67. The van der Waals surface area contributed by atoms with Crippen molar-refractivity contribution in [3.05, 3.63) is 41.2 Å². The highest BCUT2D eigenvalue weighted by Gasteiger charge is 2.19. The Bertz CT molecular complexity index is 695. The molecule has 4 heteroatoms. The van der Waals surface area contributed by atoms with Crippen LogP contribution in [0.15, 0.2) is 24.4 Å². The van der Waals surface area contributed by atoms with Crippen LogP contribution in [0, 0.1) is 6.92 Å². The van der Waals surface area contributed by atoms with Crippen molar-refractivity contribution in [3.63, 3.8) is 0 Å². The summed E-state index contributed by atoms with van der Waals surface area (Å²) in [6.07, 6.45) is 5.04. The van der Waals surface area contributed by atoms with Gasteiger partial charge in [-0.05, 0) is 43.9 Å². The summed E-state index contributed by atoms with van der Waals surface area (Å²) in [5.74, 6) is 1.54. The molecule has 4 nitrogen and oxygen atoms in total. The van der Waals surface area contributed by atoms with Gasteiger partial charge in [0.1, 0.15) is 5.75 Å². The number of ketones is 1. The highest BCUT2D eigenvalue weighted by atomic mass is 16.5. The topological polar surface area (TPSA) is 52.1 Å². The number of carbonyl (C=O) groups excluding carboxylic acids is 1. The normalized spacial score (nSPS) is 14.5. The van der Waals surface area contributed by atoms with Gasteiger partial charge in [0, 0.05) is 12.6 Å². The molecule has 1 aromatic heterocycles. The van der Waals surface area contributed by atoms with E-state index in [-0.39, 0.29) is 5.78 Å². The minimum Gasteiger partial charge on any atom is -0.496 e. The number of Topliss-reactive ketones (excluding diaryl/α,β-unsaturated/α-hetero) is 1. The van der Waals surface area contributed by atoms with Crippen molar-refractivity contribution in [3.8, 4) is 17.1 Å². The third kappa shape index (κ3) is 2.66. The molecule has 1 heterocycles. The quantitative estimate of drug-likeness (QED) is 0.792. The Balaban J connectivity index is 2.08. The average Bonchev–Trinajstić information content (AvgIpc) is 2.68. The molecule has 0 radical (unpaired) electrons. The van der Waals surface area contributed by atoms with E-state index < -0.39 is 0 Å². The SMILES string of the molecule is COc1cc(C)ccc1-c1ncc2c(n1)CCCCC2=O. The van der Waals surface area contributed by atoms with Crippen LogP contribution in [0.5, 0.6) is 5.75 Å². The van der Waals surface area contributed by atoms with Gasteiger partial charge in [-0.1, -0.05) is 6.07 Å². The molecule has 0 aliphatic heterocycles. The Morgan fingerprint density at radius 3 is 2.76 bits per heavy atom. The molecule has 0 saturated carbocycles. The van der Waals surface area contributed by atoms with E-state index in [0.29, 0.717) is 17.8 Å². The van der Waals surface area contributed by atoms with E-state index in [4.69, 9.17) is 4.74 Å². The lowest BCUT2D eigenvalue weighted by Crippen LogP contribution is -2.05. The van der Waals surface area contributed by atoms with Gasteiger partial charge < -0.3 is 4.74 Å². The predicted molar refractivity (Wildman–Crippen MR) is 80.6 cm³/mol. The van der Waals surface area contributed by atoms with Crippen LogP contribution in [0.25, 0.3) is 11.4 Å². The van der Waals surface area contributed by atoms with Crippen LogP contribution in [-0.2, 0) is 6.42 Å². The molecule has 0 N–H and O–H groups in total. The fourth-order valence-electron chi connectivity index (χ4n) is 2.67. The first-order valence-electron chi connectivity index (χ1n) is 7.23. The largest absolute Gasteiger partial charge is 0.496 e. The van der Waals surface area contributed by atoms with Gasteiger partial charge >= 0.3 is 0 Å². The van der Waals surface area contributed by atoms with Crippen molar-refractivity contribution in [1.82, 2.24) is 9.97 Å². The van der Waals surface area contributed by atoms with Crippen molar-refractivity contribution >= 4 is 5.78 Å². The standard InChI is InChI=1S/C17H18N2O2/c1-11-7-8-12(16(9-11)21-2)17-18-10-13-14(19-17)5-3-4-6-15(13)20/h7-10H,3-6H2,1-2H3. The van der Waals surface area contributed by atoms with E-state index in [1.54, 1.807) is 13.3 Å². The number of nitrogens with zero attached hydrogens (tertiary/aromatic N) is 2. The molecule has 0 saturated heterocycles. The van der Waals surface area contributed by atoms with Gasteiger partial charge in [0.2, 0.25) is 0 Å². The van der Waals surface area contributed by atoms with E-state index in [1.165, 1.54) is 0 Å². The molecule has 0 atom stereocenters. The number of benzene rings is 1. The predicted octanol–water partition coefficient (Wildman–Crippen LogP) is 3.37. The molecule has 3 rings (SSSR count). The Hall–Kier alpha value is -2.23. The molecule has 0 amide bonds. The first-order chi connectivity index (χ1) is 10.2. The minimum absolute atomic E-state index is 0.157. The highest BCUT2D eigenvalue weighted by Crippen LogP contribution is 2.29. The van der Waals surface area contributed by atoms with E-state index in [1.807, 2.05) is 25.1 Å². The van der Waals surface area contributed by atoms with E-state index in [9.17, 15) is 4.79 Å². The van der Waals surface area contributed by atoms with Crippen molar-refractivity contribution in [2.45, 2.75) is 32.6 Å². The van der Waals surface area contributed by atoms with E-state index in [0.717, 1.165) is 41.8 Å². The summed E-state index contributed by atoms with van der Waals surface area (Å²) in [5, 5.41) is 0. The molecule has 2 aromatic rings. The average molecular weight is 282 g/mol. The zero-order chi connectivity index (χ0) is 14.8. The van der Waals surface area contributed by atoms with Crippen molar-refractivity contribution in [2.75, 3.05) is 7.11 Å². The zero-order valence-corrected chi connectivity index (χ0v) is 12.3. The van der Waals surface area contributed by atoms with E-state index >= 15 is 0 Å². The lowest BCUT2D eigenvalue weighted by Gasteiger charge is -2.10. The minimum atomic E-state index is 0.157. The first kappa shape index (κ1) is 13.7. The molecule has 1 aliphatic rings. The van der Waals surface area contributed by atoms with Crippen molar-refractivity contribution in [1.29, 1.82) is 0 Å². The molecule has 1 aliphatic carbocycles. The number of hydrogen-bond donors (Lipinski definition) is 0. The van der Waals surface area contributed by atoms with Crippen LogP contribution in [0.3, 0.4) is 0 Å². The second-order valence-corrected chi connectivity index (χ2v) is 5.39. The second-order valence-electron chi connectivity index (χ2n) is 5.39. The zero-order valence-electron chi connectivity index (χ0n) is 12.3. The number of aryl methyl sites for hydroxylation is 2. The maximum Gasteiger partial charge on any atom is 0.166 e. The highest BCUT2D eigenvalue weighted by molar-refractivity contribution is 5.97. The monoisotopic (exact) mass is 282 g/mol. The van der Waals surface area contributed by atoms with Crippen molar-refractivity contribution in [2.24, 2.45) is 0 Å². The second kappa shape index (κ2) is 5.64. The Labute approximate surface area is 124 Å². The molecule has 1 aromatic carbocycles. The van der Waals surface area contributed by atoms with Gasteiger partial charge in [-0.15, -0.1) is 0 Å². The number of aromatic nitrogens is 2. The van der Waals surface area contributed by atoms with Crippen LogP contribution < -0.4 is 4.74 Å². The molecule has 0 bridgehead atoms. The molecule has 0 spiro atoms. The number of hydrogen-bond acceptors (Lipinski definition) is 4. The third-order valence-corrected chi connectivity index (χ3v) is 3.83. The first-order valence-corrected chi connectivity index (χ1v) is 7.23. The van der Waals surface area contributed by atoms with Gasteiger partial charge in [0.15, 0.2) is 11.6 Å². The number of ether oxygens (including phenoxy) is 1. The van der Waals surface area contributed by atoms with Crippen LogP contribution in [0.1, 0.15) is 40.9 Å². The van der Waals surface area contributed by atoms with E-state index in [2.05, 4.69) is 9.97 Å². The molecule has 0 fully saturated rings. The third-order valence-electron chi connectivity index (χ3n) is 3.83. The molecular weight excluding hydrogens is 264 g/mol.